The van der Waals surface area contributed by atoms with Gasteiger partial charge in [-0.1, -0.05) is 100 Å². The highest BCUT2D eigenvalue weighted by atomic mass is 32.2. The summed E-state index contributed by atoms with van der Waals surface area (Å²) in [5, 5.41) is 21.0. The van der Waals surface area contributed by atoms with Crippen LogP contribution in [0.5, 0.6) is 0 Å². The van der Waals surface area contributed by atoms with Gasteiger partial charge in [0.25, 0.3) is 0 Å². The molecule has 0 saturated carbocycles. The summed E-state index contributed by atoms with van der Waals surface area (Å²) in [6.45, 7) is 10.6. The number of benzene rings is 3. The van der Waals surface area contributed by atoms with Gasteiger partial charge in [0.2, 0.25) is 11.8 Å². The molecule has 2 amide bonds. The van der Waals surface area contributed by atoms with Crippen molar-refractivity contribution in [3.63, 3.8) is 0 Å². The van der Waals surface area contributed by atoms with Gasteiger partial charge in [-0.25, -0.2) is 8.42 Å². The highest BCUT2D eigenvalue weighted by Crippen LogP contribution is 2.27. The molecule has 0 spiro atoms. The van der Waals surface area contributed by atoms with Crippen molar-refractivity contribution in [3.8, 4) is 0 Å². The Morgan fingerprint density at radius 3 is 1.96 bits per heavy atom. The van der Waals surface area contributed by atoms with Crippen LogP contribution in [0, 0.1) is 17.8 Å². The maximum Gasteiger partial charge on any atom is 0.404 e. The van der Waals surface area contributed by atoms with Gasteiger partial charge in [0.15, 0.2) is 9.84 Å². The molecule has 0 saturated heterocycles. The molecule has 0 radical (unpaired) electrons. The van der Waals surface area contributed by atoms with Crippen molar-refractivity contribution in [1.82, 2.24) is 16.0 Å². The first-order valence-corrected chi connectivity index (χ1v) is 18.7. The lowest BCUT2D eigenvalue weighted by Crippen LogP contribution is -2.58. The van der Waals surface area contributed by atoms with Crippen LogP contribution in [0.4, 0.5) is 13.2 Å². The van der Waals surface area contributed by atoms with Crippen LogP contribution in [-0.2, 0) is 32.3 Å². The number of fused-ring (bicyclic) bond motifs is 1. The van der Waals surface area contributed by atoms with Crippen molar-refractivity contribution in [1.29, 1.82) is 0 Å². The maximum absolute atomic E-state index is 14.0. The van der Waals surface area contributed by atoms with Gasteiger partial charge in [-0.15, -0.1) is 0 Å². The molecule has 8 nitrogen and oxygen atoms in total. The normalized spacial score (nSPS) is 15.8. The van der Waals surface area contributed by atoms with Crippen molar-refractivity contribution in [2.75, 3.05) is 12.3 Å². The first kappa shape index (κ1) is 40.9. The standard InChI is InChI=1S/C38H52F3N3O5S/c1-24(2)33(36(47)43-31(20-26-14-9-8-10-15-26)32(45)22-42-34(25(3)4)38(39,40)41)44-35(46)29(23-50(48,49)37(5,6)7)21-28-18-13-17-27-16-11-12-19-30(27)28/h8-19,24-25,29,31-34,42,45H,20-23H2,1-7H3,(H,43,47)(H,44,46)/t29-,31+,32+,33+,34?/m1/s1. The third-order valence-electron chi connectivity index (χ3n) is 8.97. The zero-order chi connectivity index (χ0) is 37.4. The summed E-state index contributed by atoms with van der Waals surface area (Å²) in [5.74, 6) is -4.01. The number of aliphatic hydroxyl groups excluding tert-OH is 1. The Labute approximate surface area is 294 Å². The molecule has 0 heterocycles. The van der Waals surface area contributed by atoms with Crippen LogP contribution >= 0.6 is 0 Å². The minimum absolute atomic E-state index is 0.103. The highest BCUT2D eigenvalue weighted by molar-refractivity contribution is 7.92. The molecule has 12 heteroatoms. The third-order valence-corrected chi connectivity index (χ3v) is 11.7. The van der Waals surface area contributed by atoms with E-state index in [1.807, 2.05) is 42.5 Å². The van der Waals surface area contributed by atoms with Crippen molar-refractivity contribution in [2.24, 2.45) is 17.8 Å². The molecule has 50 heavy (non-hydrogen) atoms. The summed E-state index contributed by atoms with van der Waals surface area (Å²) in [4.78, 5) is 27.9. The smallest absolute Gasteiger partial charge is 0.390 e. The quantitative estimate of drug-likeness (QED) is 0.153. The van der Waals surface area contributed by atoms with Crippen molar-refractivity contribution >= 4 is 32.4 Å². The number of sulfone groups is 1. The fourth-order valence-electron chi connectivity index (χ4n) is 5.83. The molecule has 0 fully saturated rings. The van der Waals surface area contributed by atoms with Crippen molar-refractivity contribution in [2.45, 2.75) is 96.5 Å². The SMILES string of the molecule is CC(C)C(NC[C@H](O)[C@H](Cc1ccccc1)NC(=O)[C@@H](NC(=O)[C@H](Cc1cccc2ccccc12)CS(=O)(=O)C(C)(C)C)C(C)C)C(F)(F)F. The zero-order valence-corrected chi connectivity index (χ0v) is 30.7. The average molecular weight is 720 g/mol. The predicted molar refractivity (Wildman–Crippen MR) is 192 cm³/mol. The van der Waals surface area contributed by atoms with E-state index in [1.54, 1.807) is 65.0 Å². The molecule has 0 aromatic heterocycles. The number of rotatable bonds is 16. The lowest BCUT2D eigenvalue weighted by atomic mass is 9.94. The number of alkyl halides is 3. The first-order valence-electron chi connectivity index (χ1n) is 17.0. The van der Waals surface area contributed by atoms with E-state index >= 15 is 0 Å². The number of amides is 2. The Bertz CT molecular complexity index is 1670. The number of hydrogen-bond donors (Lipinski definition) is 4. The Balaban J connectivity index is 1.89. The minimum atomic E-state index is -4.54. The van der Waals surface area contributed by atoms with E-state index in [0.717, 1.165) is 21.9 Å². The molecule has 276 valence electrons. The molecule has 5 atom stereocenters. The largest absolute Gasteiger partial charge is 0.404 e. The van der Waals surface area contributed by atoms with E-state index in [0.29, 0.717) is 0 Å². The fraction of sp³-hybridized carbons (Fsp3) is 0.526. The molecule has 3 aromatic carbocycles. The number of nitrogens with one attached hydrogen (secondary N) is 3. The second-order valence-electron chi connectivity index (χ2n) is 14.7. The Hall–Kier alpha value is -3.48. The van der Waals surface area contributed by atoms with Gasteiger partial charge in [0.05, 0.1) is 28.6 Å². The van der Waals surface area contributed by atoms with Crippen LogP contribution in [0.1, 0.15) is 59.6 Å². The number of aliphatic hydroxyl groups is 1. The topological polar surface area (TPSA) is 125 Å². The summed E-state index contributed by atoms with van der Waals surface area (Å²) in [6.07, 6.45) is -5.74. The zero-order valence-electron chi connectivity index (χ0n) is 29.9. The molecule has 4 N–H and O–H groups in total. The second kappa shape index (κ2) is 17.2. The van der Waals surface area contributed by atoms with Crippen LogP contribution in [0.2, 0.25) is 0 Å². The van der Waals surface area contributed by atoms with Gasteiger partial charge in [-0.2, -0.15) is 13.2 Å². The minimum Gasteiger partial charge on any atom is -0.390 e. The predicted octanol–water partition coefficient (Wildman–Crippen LogP) is 5.62. The number of carbonyl (C=O) groups is 2. The lowest BCUT2D eigenvalue weighted by molar-refractivity contribution is -0.166. The number of hydrogen-bond acceptors (Lipinski definition) is 6. The van der Waals surface area contributed by atoms with E-state index in [2.05, 4.69) is 16.0 Å². The van der Waals surface area contributed by atoms with Gasteiger partial charge in [0, 0.05) is 6.54 Å². The van der Waals surface area contributed by atoms with Gasteiger partial charge in [0.1, 0.15) is 12.1 Å². The van der Waals surface area contributed by atoms with Crippen LogP contribution in [0.15, 0.2) is 72.8 Å². The molecule has 1 unspecified atom stereocenters. The maximum atomic E-state index is 14.0. The van der Waals surface area contributed by atoms with Gasteiger partial charge < -0.3 is 21.1 Å². The summed E-state index contributed by atoms with van der Waals surface area (Å²) in [6, 6.07) is 18.1. The molecule has 3 aromatic rings. The molecule has 0 aliphatic carbocycles. The molecule has 0 bridgehead atoms. The monoisotopic (exact) mass is 719 g/mol. The van der Waals surface area contributed by atoms with Crippen LogP contribution in [0.25, 0.3) is 10.8 Å². The number of carbonyl (C=O) groups excluding carboxylic acids is 2. The molecule has 3 rings (SSSR count). The fourth-order valence-corrected chi connectivity index (χ4v) is 7.13. The van der Waals surface area contributed by atoms with E-state index in [-0.39, 0.29) is 12.8 Å². The summed E-state index contributed by atoms with van der Waals surface area (Å²) in [5.41, 5.74) is 1.52. The van der Waals surface area contributed by atoms with Crippen molar-refractivity contribution in [3.05, 3.63) is 83.9 Å². The van der Waals surface area contributed by atoms with Crippen molar-refractivity contribution < 1.29 is 36.3 Å². The second-order valence-corrected chi connectivity index (χ2v) is 17.5. The Morgan fingerprint density at radius 2 is 1.38 bits per heavy atom. The Kier molecular flexibility index (Phi) is 14.0. The first-order chi connectivity index (χ1) is 23.2. The van der Waals surface area contributed by atoms with E-state index < -0.39 is 86.9 Å². The molecule has 0 aliphatic rings. The summed E-state index contributed by atoms with van der Waals surface area (Å²) >= 11 is 0. The summed E-state index contributed by atoms with van der Waals surface area (Å²) in [7, 11) is -3.77. The molecular formula is C38H52F3N3O5S. The van der Waals surface area contributed by atoms with Crippen LogP contribution in [-0.4, -0.2) is 72.8 Å². The number of halogens is 3. The van der Waals surface area contributed by atoms with Crippen LogP contribution in [0.3, 0.4) is 0 Å². The highest BCUT2D eigenvalue weighted by Gasteiger charge is 2.42. The van der Waals surface area contributed by atoms with E-state index in [9.17, 15) is 36.3 Å². The lowest BCUT2D eigenvalue weighted by Gasteiger charge is -2.31. The van der Waals surface area contributed by atoms with E-state index in [1.165, 1.54) is 13.8 Å². The van der Waals surface area contributed by atoms with Gasteiger partial charge >= 0.3 is 6.18 Å². The van der Waals surface area contributed by atoms with Gasteiger partial charge in [-0.05, 0) is 67.3 Å². The van der Waals surface area contributed by atoms with E-state index in [4.69, 9.17) is 0 Å². The molecule has 0 aliphatic heterocycles. The molecular weight excluding hydrogens is 667 g/mol. The third kappa shape index (κ3) is 11.3. The van der Waals surface area contributed by atoms with Crippen LogP contribution < -0.4 is 16.0 Å². The van der Waals surface area contributed by atoms with Gasteiger partial charge in [-0.3, -0.25) is 9.59 Å². The Morgan fingerprint density at radius 1 is 0.780 bits per heavy atom. The average Bonchev–Trinajstić information content (AvgIpc) is 3.01. The summed E-state index contributed by atoms with van der Waals surface area (Å²) < 4.78 is 66.7.